The lowest BCUT2D eigenvalue weighted by Crippen LogP contribution is -2.33. The monoisotopic (exact) mass is 404 g/mol. The van der Waals surface area contributed by atoms with Crippen molar-refractivity contribution in [1.29, 1.82) is 0 Å². The van der Waals surface area contributed by atoms with Crippen LogP contribution in [-0.4, -0.2) is 45.6 Å². The quantitative estimate of drug-likeness (QED) is 0.520. The highest BCUT2D eigenvalue weighted by Crippen LogP contribution is 2.28. The van der Waals surface area contributed by atoms with Gasteiger partial charge in [0.05, 0.1) is 11.5 Å². The Bertz CT molecular complexity index is 495. The first-order valence-corrected chi connectivity index (χ1v) is 11.4. The molecule has 0 aliphatic heterocycles. The molecule has 9 heteroatoms. The summed E-state index contributed by atoms with van der Waals surface area (Å²) in [7, 11) is 0. The number of hydrogen-bond donors (Lipinski definition) is 2. The molecule has 25 heavy (non-hydrogen) atoms. The van der Waals surface area contributed by atoms with Crippen molar-refractivity contribution in [2.45, 2.75) is 74.1 Å². The largest absolute Gasteiger partial charge is 0.353 e. The Morgan fingerprint density at radius 2 is 1.32 bits per heavy atom. The maximum Gasteiger partial charge on any atom is 0.230 e. The summed E-state index contributed by atoms with van der Waals surface area (Å²) >= 11 is 4.18. The van der Waals surface area contributed by atoms with Gasteiger partial charge < -0.3 is 10.6 Å². The number of carbonyl (C=O) groups is 2. The summed E-state index contributed by atoms with van der Waals surface area (Å²) in [6.45, 7) is 8.22. The molecule has 0 aromatic carbocycles. The van der Waals surface area contributed by atoms with Gasteiger partial charge in [0.1, 0.15) is 0 Å². The predicted octanol–water partition coefficient (Wildman–Crippen LogP) is 3.33. The number of amides is 2. The van der Waals surface area contributed by atoms with Gasteiger partial charge in [0, 0.05) is 12.1 Å². The first-order valence-electron chi connectivity index (χ1n) is 8.62. The molecule has 1 heterocycles. The number of thioether (sulfide) groups is 2. The summed E-state index contributed by atoms with van der Waals surface area (Å²) in [6.07, 6.45) is 4.07. The molecular weight excluding hydrogens is 376 g/mol. The highest BCUT2D eigenvalue weighted by atomic mass is 32.2. The highest BCUT2D eigenvalue weighted by molar-refractivity contribution is 8.03. The fraction of sp³-hybridized carbons (Fsp3) is 0.750. The van der Waals surface area contributed by atoms with Crippen molar-refractivity contribution < 1.29 is 9.59 Å². The standard InChI is InChI=1S/C16H28N4O2S3/c1-5-7-11(3)17-13(21)9-23-15-19-20-16(25-15)24-10-14(22)18-12(4)8-6-2/h11-12H,5-10H2,1-4H3,(H,17,21)(H,18,22)/t11-,12+. The van der Waals surface area contributed by atoms with E-state index >= 15 is 0 Å². The Morgan fingerprint density at radius 3 is 1.68 bits per heavy atom. The predicted molar refractivity (Wildman–Crippen MR) is 106 cm³/mol. The zero-order valence-corrected chi connectivity index (χ0v) is 17.8. The molecular formula is C16H28N4O2S3. The number of nitrogens with one attached hydrogen (secondary N) is 2. The van der Waals surface area contributed by atoms with Gasteiger partial charge in [-0.15, -0.1) is 10.2 Å². The minimum Gasteiger partial charge on any atom is -0.353 e. The number of nitrogens with zero attached hydrogens (tertiary/aromatic N) is 2. The molecule has 6 nitrogen and oxygen atoms in total. The topological polar surface area (TPSA) is 84.0 Å². The average molecular weight is 405 g/mol. The third-order valence-corrected chi connectivity index (χ3v) is 6.49. The Balaban J connectivity index is 2.29. The summed E-state index contributed by atoms with van der Waals surface area (Å²) in [4.78, 5) is 23.7. The number of hydrogen-bond acceptors (Lipinski definition) is 7. The van der Waals surface area contributed by atoms with E-state index < -0.39 is 0 Å². The van der Waals surface area contributed by atoms with E-state index in [0.29, 0.717) is 11.5 Å². The molecule has 0 unspecified atom stereocenters. The second-order valence-electron chi connectivity index (χ2n) is 5.93. The molecule has 1 aromatic rings. The van der Waals surface area contributed by atoms with Crippen molar-refractivity contribution in [3.8, 4) is 0 Å². The van der Waals surface area contributed by atoms with Crippen LogP contribution in [0.4, 0.5) is 0 Å². The van der Waals surface area contributed by atoms with Crippen LogP contribution in [0, 0.1) is 0 Å². The normalized spacial score (nSPS) is 13.3. The van der Waals surface area contributed by atoms with Crippen molar-refractivity contribution in [1.82, 2.24) is 20.8 Å². The molecule has 0 spiro atoms. The van der Waals surface area contributed by atoms with Crippen LogP contribution < -0.4 is 10.6 Å². The van der Waals surface area contributed by atoms with Crippen LogP contribution in [0.15, 0.2) is 8.68 Å². The number of carbonyl (C=O) groups excluding carboxylic acids is 2. The molecule has 1 rings (SSSR count). The van der Waals surface area contributed by atoms with Crippen LogP contribution in [0.2, 0.25) is 0 Å². The van der Waals surface area contributed by atoms with Gasteiger partial charge in [0.15, 0.2) is 8.68 Å². The Labute approximate surface area is 162 Å². The molecule has 0 aliphatic carbocycles. The molecule has 0 saturated heterocycles. The fourth-order valence-electron chi connectivity index (χ4n) is 2.21. The second-order valence-corrected chi connectivity index (χ2v) is 9.35. The molecule has 142 valence electrons. The lowest BCUT2D eigenvalue weighted by atomic mass is 10.2. The minimum absolute atomic E-state index is 0.0136. The van der Waals surface area contributed by atoms with E-state index in [-0.39, 0.29) is 23.9 Å². The Hall–Kier alpha value is -0.800. The van der Waals surface area contributed by atoms with Crippen molar-refractivity contribution >= 4 is 46.7 Å². The van der Waals surface area contributed by atoms with E-state index in [1.807, 2.05) is 13.8 Å². The van der Waals surface area contributed by atoms with Gasteiger partial charge in [-0.25, -0.2) is 0 Å². The minimum atomic E-state index is 0.0136. The molecule has 1 aromatic heterocycles. The van der Waals surface area contributed by atoms with Crippen LogP contribution in [0.5, 0.6) is 0 Å². The van der Waals surface area contributed by atoms with E-state index in [0.717, 1.165) is 34.4 Å². The molecule has 0 radical (unpaired) electrons. The molecule has 2 N–H and O–H groups in total. The average Bonchev–Trinajstić information content (AvgIpc) is 2.99. The summed E-state index contributed by atoms with van der Waals surface area (Å²) < 4.78 is 1.50. The van der Waals surface area contributed by atoms with Gasteiger partial charge in [-0.05, 0) is 26.7 Å². The van der Waals surface area contributed by atoms with Crippen LogP contribution in [0.3, 0.4) is 0 Å². The van der Waals surface area contributed by atoms with Crippen LogP contribution in [0.1, 0.15) is 53.4 Å². The van der Waals surface area contributed by atoms with Crippen molar-refractivity contribution in [3.63, 3.8) is 0 Å². The SMILES string of the molecule is CCC[C@@H](C)NC(=O)CSc1nnc(SCC(=O)N[C@@H](C)CCC)s1. The molecule has 0 saturated carbocycles. The number of rotatable bonds is 12. The smallest absolute Gasteiger partial charge is 0.230 e. The van der Waals surface area contributed by atoms with Gasteiger partial charge in [-0.3, -0.25) is 9.59 Å². The van der Waals surface area contributed by atoms with Gasteiger partial charge >= 0.3 is 0 Å². The summed E-state index contributed by atoms with van der Waals surface area (Å²) in [6, 6.07) is 0.402. The maximum atomic E-state index is 11.8. The first-order chi connectivity index (χ1) is 11.9. The maximum absolute atomic E-state index is 11.8. The third kappa shape index (κ3) is 10.1. The second kappa shape index (κ2) is 12.5. The van der Waals surface area contributed by atoms with Crippen LogP contribution in [-0.2, 0) is 9.59 Å². The van der Waals surface area contributed by atoms with Crippen LogP contribution >= 0.6 is 34.9 Å². The van der Waals surface area contributed by atoms with E-state index in [1.54, 1.807) is 0 Å². The van der Waals surface area contributed by atoms with Crippen LogP contribution in [0.25, 0.3) is 0 Å². The lowest BCUT2D eigenvalue weighted by Gasteiger charge is -2.11. The van der Waals surface area contributed by atoms with Gasteiger partial charge in [-0.1, -0.05) is 61.5 Å². The van der Waals surface area contributed by atoms with E-state index in [9.17, 15) is 9.59 Å². The van der Waals surface area contributed by atoms with Crippen molar-refractivity contribution in [3.05, 3.63) is 0 Å². The zero-order valence-electron chi connectivity index (χ0n) is 15.3. The van der Waals surface area contributed by atoms with Gasteiger partial charge in [-0.2, -0.15) is 0 Å². The van der Waals surface area contributed by atoms with E-state index in [4.69, 9.17) is 0 Å². The van der Waals surface area contributed by atoms with Gasteiger partial charge in [0.25, 0.3) is 0 Å². The Kier molecular flexibility index (Phi) is 11.2. The summed E-state index contributed by atoms with van der Waals surface area (Å²) in [5.74, 6) is 0.698. The summed E-state index contributed by atoms with van der Waals surface area (Å²) in [5, 5.41) is 14.1. The van der Waals surface area contributed by atoms with E-state index in [2.05, 4.69) is 34.7 Å². The molecule has 0 bridgehead atoms. The summed E-state index contributed by atoms with van der Waals surface area (Å²) in [5.41, 5.74) is 0. The zero-order chi connectivity index (χ0) is 18.7. The molecule has 2 amide bonds. The molecule has 2 atom stereocenters. The number of aromatic nitrogens is 2. The van der Waals surface area contributed by atoms with Crippen molar-refractivity contribution in [2.75, 3.05) is 11.5 Å². The third-order valence-electron chi connectivity index (χ3n) is 3.30. The fourth-order valence-corrected chi connectivity index (χ4v) is 4.85. The van der Waals surface area contributed by atoms with E-state index in [1.165, 1.54) is 34.9 Å². The van der Waals surface area contributed by atoms with Gasteiger partial charge in [0.2, 0.25) is 11.8 Å². The highest BCUT2D eigenvalue weighted by Gasteiger charge is 2.12. The Morgan fingerprint density at radius 1 is 0.920 bits per heavy atom. The molecule has 0 fully saturated rings. The lowest BCUT2D eigenvalue weighted by molar-refractivity contribution is -0.120. The first kappa shape index (κ1) is 22.2. The van der Waals surface area contributed by atoms with Crippen molar-refractivity contribution in [2.24, 2.45) is 0 Å². The molecule has 0 aliphatic rings.